The van der Waals surface area contributed by atoms with Crippen molar-refractivity contribution < 1.29 is 9.59 Å². The fourth-order valence-corrected chi connectivity index (χ4v) is 4.69. The molecule has 0 radical (unpaired) electrons. The van der Waals surface area contributed by atoms with Gasteiger partial charge in [-0.1, -0.05) is 62.4 Å². The first-order valence-corrected chi connectivity index (χ1v) is 11.1. The van der Waals surface area contributed by atoms with Gasteiger partial charge in [0, 0.05) is 11.3 Å². The highest BCUT2D eigenvalue weighted by Crippen LogP contribution is 2.36. The second-order valence-corrected chi connectivity index (χ2v) is 8.40. The molecule has 0 aliphatic carbocycles. The normalized spacial score (nSPS) is 18.3. The zero-order valence-corrected chi connectivity index (χ0v) is 17.9. The number of nitrogens with zero attached hydrogens (tertiary/aromatic N) is 3. The fraction of sp³-hybridized carbons (Fsp3) is 0.304. The summed E-state index contributed by atoms with van der Waals surface area (Å²) in [6.45, 7) is 4.03. The van der Waals surface area contributed by atoms with E-state index >= 15 is 0 Å². The fourth-order valence-electron chi connectivity index (χ4n) is 3.62. The number of rotatable bonds is 6. The molecular formula is C23H24N4O2S. The Morgan fingerprint density at radius 2 is 1.83 bits per heavy atom. The highest BCUT2D eigenvalue weighted by atomic mass is 32.2. The second kappa shape index (κ2) is 8.83. The first-order chi connectivity index (χ1) is 14.6. The third kappa shape index (κ3) is 3.89. The average molecular weight is 421 g/mol. The largest absolute Gasteiger partial charge is 0.325 e. The van der Waals surface area contributed by atoms with E-state index in [0.717, 1.165) is 23.4 Å². The van der Waals surface area contributed by atoms with Crippen molar-refractivity contribution in [3.05, 3.63) is 60.2 Å². The van der Waals surface area contributed by atoms with E-state index in [1.54, 1.807) is 0 Å². The van der Waals surface area contributed by atoms with Crippen LogP contribution in [0.25, 0.3) is 0 Å². The minimum Gasteiger partial charge on any atom is -0.325 e. The lowest BCUT2D eigenvalue weighted by molar-refractivity contribution is -0.119. The van der Waals surface area contributed by atoms with Crippen molar-refractivity contribution in [3.8, 4) is 0 Å². The van der Waals surface area contributed by atoms with Crippen LogP contribution in [-0.2, 0) is 9.59 Å². The van der Waals surface area contributed by atoms with Crippen LogP contribution in [0.15, 0.2) is 64.6 Å². The molecule has 2 aliphatic heterocycles. The SMILES string of the molecule is CCCC1C(=O)N=C2c3ccccc3N=C(SC(CC)C(=O)Nc3ccccc3)N21. The summed E-state index contributed by atoms with van der Waals surface area (Å²) in [7, 11) is 0. The van der Waals surface area contributed by atoms with Gasteiger partial charge in [0.05, 0.1) is 10.9 Å². The Kier molecular flexibility index (Phi) is 5.99. The predicted octanol–water partition coefficient (Wildman–Crippen LogP) is 4.60. The second-order valence-electron chi connectivity index (χ2n) is 7.23. The summed E-state index contributed by atoms with van der Waals surface area (Å²) in [6, 6.07) is 16.8. The number of anilines is 1. The lowest BCUT2D eigenvalue weighted by Gasteiger charge is -2.32. The van der Waals surface area contributed by atoms with E-state index in [-0.39, 0.29) is 23.1 Å². The molecule has 2 aromatic carbocycles. The van der Waals surface area contributed by atoms with E-state index in [1.165, 1.54) is 11.8 Å². The van der Waals surface area contributed by atoms with Crippen LogP contribution in [0.3, 0.4) is 0 Å². The predicted molar refractivity (Wildman–Crippen MR) is 122 cm³/mol. The van der Waals surface area contributed by atoms with E-state index in [2.05, 4.69) is 17.2 Å². The Morgan fingerprint density at radius 1 is 1.10 bits per heavy atom. The summed E-state index contributed by atoms with van der Waals surface area (Å²) in [5.41, 5.74) is 2.40. The summed E-state index contributed by atoms with van der Waals surface area (Å²) in [5.74, 6) is 0.426. The molecule has 2 aromatic rings. The molecule has 2 atom stereocenters. The number of benzene rings is 2. The lowest BCUT2D eigenvalue weighted by Crippen LogP contribution is -2.44. The zero-order valence-electron chi connectivity index (χ0n) is 17.0. The number of aliphatic imine (C=N–C) groups is 2. The number of carbonyl (C=O) groups is 2. The van der Waals surface area contributed by atoms with Crippen molar-refractivity contribution in [3.63, 3.8) is 0 Å². The Bertz CT molecular complexity index is 1020. The summed E-state index contributed by atoms with van der Waals surface area (Å²) < 4.78 is 0. The maximum atomic E-state index is 12.9. The summed E-state index contributed by atoms with van der Waals surface area (Å²) in [6.07, 6.45) is 2.19. The molecule has 2 amide bonds. The van der Waals surface area contributed by atoms with E-state index < -0.39 is 0 Å². The molecule has 30 heavy (non-hydrogen) atoms. The number of thioether (sulfide) groups is 1. The van der Waals surface area contributed by atoms with Crippen LogP contribution in [0.2, 0.25) is 0 Å². The van der Waals surface area contributed by atoms with Crippen molar-refractivity contribution >= 4 is 46.0 Å². The van der Waals surface area contributed by atoms with Crippen molar-refractivity contribution in [2.45, 2.75) is 44.4 Å². The number of amides is 2. The first-order valence-electron chi connectivity index (χ1n) is 10.2. The van der Waals surface area contributed by atoms with Crippen LogP contribution < -0.4 is 5.32 Å². The third-order valence-corrected chi connectivity index (χ3v) is 6.45. The monoisotopic (exact) mass is 420 g/mol. The van der Waals surface area contributed by atoms with Gasteiger partial charge in [0.15, 0.2) is 5.17 Å². The number of fused-ring (bicyclic) bond motifs is 3. The topological polar surface area (TPSA) is 74.1 Å². The van der Waals surface area contributed by atoms with Crippen LogP contribution >= 0.6 is 11.8 Å². The highest BCUT2D eigenvalue weighted by Gasteiger charge is 2.42. The molecule has 4 rings (SSSR count). The van der Waals surface area contributed by atoms with Crippen LogP contribution in [0, 0.1) is 0 Å². The molecule has 0 saturated heterocycles. The van der Waals surface area contributed by atoms with Gasteiger partial charge in [-0.05, 0) is 37.1 Å². The zero-order chi connectivity index (χ0) is 21.1. The number of hydrogen-bond acceptors (Lipinski definition) is 5. The number of hydrogen-bond donors (Lipinski definition) is 1. The van der Waals surface area contributed by atoms with Gasteiger partial charge in [0.1, 0.15) is 11.9 Å². The Morgan fingerprint density at radius 3 is 2.57 bits per heavy atom. The Hall–Kier alpha value is -2.93. The number of amidine groups is 2. The smallest absolute Gasteiger partial charge is 0.270 e. The van der Waals surface area contributed by atoms with E-state index in [1.807, 2.05) is 66.4 Å². The van der Waals surface area contributed by atoms with Crippen molar-refractivity contribution in [2.75, 3.05) is 5.32 Å². The Balaban J connectivity index is 1.64. The Labute approximate surface area is 180 Å². The highest BCUT2D eigenvalue weighted by molar-refractivity contribution is 8.15. The molecule has 7 heteroatoms. The first kappa shape index (κ1) is 20.3. The van der Waals surface area contributed by atoms with Gasteiger partial charge >= 0.3 is 0 Å². The lowest BCUT2D eigenvalue weighted by atomic mass is 10.1. The number of para-hydroxylation sites is 2. The summed E-state index contributed by atoms with van der Waals surface area (Å²) in [5, 5.41) is 3.30. The molecule has 6 nitrogen and oxygen atoms in total. The molecule has 0 aromatic heterocycles. The quantitative estimate of drug-likeness (QED) is 0.741. The molecular weight excluding hydrogens is 396 g/mol. The molecule has 0 spiro atoms. The molecule has 1 N–H and O–H groups in total. The standard InChI is InChI=1S/C23H24N4O2S/c1-3-10-18-21(28)26-20-16-13-8-9-14-17(16)25-23(27(18)20)30-19(4-2)22(29)24-15-11-6-5-7-12-15/h5-9,11-14,18-19H,3-4,10H2,1-2H3,(H,24,29). The molecule has 0 fully saturated rings. The van der Waals surface area contributed by atoms with Gasteiger partial charge in [0.25, 0.3) is 5.91 Å². The van der Waals surface area contributed by atoms with Crippen LogP contribution in [0.5, 0.6) is 0 Å². The van der Waals surface area contributed by atoms with Crippen LogP contribution in [-0.4, -0.2) is 39.0 Å². The molecule has 2 heterocycles. The molecule has 0 bridgehead atoms. The van der Waals surface area contributed by atoms with Crippen molar-refractivity contribution in [1.82, 2.24) is 4.90 Å². The molecule has 2 aliphatic rings. The third-order valence-electron chi connectivity index (χ3n) is 5.12. The molecule has 154 valence electrons. The van der Waals surface area contributed by atoms with Gasteiger partial charge in [-0.3, -0.25) is 14.5 Å². The van der Waals surface area contributed by atoms with Crippen molar-refractivity contribution in [2.24, 2.45) is 9.98 Å². The van der Waals surface area contributed by atoms with Crippen LogP contribution in [0.1, 0.15) is 38.7 Å². The number of nitrogens with one attached hydrogen (secondary N) is 1. The maximum Gasteiger partial charge on any atom is 0.270 e. The molecule has 2 unspecified atom stereocenters. The number of carbonyl (C=O) groups excluding carboxylic acids is 2. The van der Waals surface area contributed by atoms with E-state index in [4.69, 9.17) is 4.99 Å². The maximum absolute atomic E-state index is 12.9. The average Bonchev–Trinajstić information content (AvgIpc) is 3.09. The molecule has 0 saturated carbocycles. The minimum atomic E-state index is -0.362. The van der Waals surface area contributed by atoms with E-state index in [0.29, 0.717) is 23.8 Å². The van der Waals surface area contributed by atoms with Gasteiger partial charge in [-0.25, -0.2) is 4.99 Å². The van der Waals surface area contributed by atoms with Crippen molar-refractivity contribution in [1.29, 1.82) is 0 Å². The van der Waals surface area contributed by atoms with E-state index in [9.17, 15) is 9.59 Å². The minimum absolute atomic E-state index is 0.0775. The van der Waals surface area contributed by atoms with Crippen LogP contribution in [0.4, 0.5) is 11.4 Å². The van der Waals surface area contributed by atoms with Gasteiger partial charge in [0.2, 0.25) is 5.91 Å². The van der Waals surface area contributed by atoms with Gasteiger partial charge in [-0.2, -0.15) is 4.99 Å². The summed E-state index contributed by atoms with van der Waals surface area (Å²) in [4.78, 5) is 36.7. The summed E-state index contributed by atoms with van der Waals surface area (Å²) >= 11 is 1.40. The van der Waals surface area contributed by atoms with Gasteiger partial charge in [-0.15, -0.1) is 0 Å². The van der Waals surface area contributed by atoms with Gasteiger partial charge < -0.3 is 5.32 Å².